The highest BCUT2D eigenvalue weighted by Gasteiger charge is 2.33. The number of aliphatic hydroxyl groups excluding tert-OH is 1. The molecule has 1 aliphatic rings. The van der Waals surface area contributed by atoms with Gasteiger partial charge in [0, 0.05) is 0 Å². The monoisotopic (exact) mass is 230 g/mol. The van der Waals surface area contributed by atoms with Gasteiger partial charge in [-0.15, -0.1) is 0 Å². The highest BCUT2D eigenvalue weighted by molar-refractivity contribution is 5.95. The van der Waals surface area contributed by atoms with Crippen LogP contribution in [-0.2, 0) is 9.57 Å². The van der Waals surface area contributed by atoms with E-state index in [1.165, 1.54) is 12.0 Å². The number of ether oxygens (including phenoxy) is 1. The molecule has 16 heavy (non-hydrogen) atoms. The summed E-state index contributed by atoms with van der Waals surface area (Å²) in [5, 5.41) is 13.2. The fourth-order valence-electron chi connectivity index (χ4n) is 1.35. The minimum atomic E-state index is -0.771. The van der Waals surface area contributed by atoms with E-state index in [4.69, 9.17) is 4.74 Å². The number of amides is 1. The van der Waals surface area contributed by atoms with E-state index in [-0.39, 0.29) is 13.1 Å². The Morgan fingerprint density at radius 1 is 1.56 bits per heavy atom. The lowest BCUT2D eigenvalue weighted by molar-refractivity contribution is 0.0270. The summed E-state index contributed by atoms with van der Waals surface area (Å²) in [4.78, 5) is 17.6. The van der Waals surface area contributed by atoms with Crippen molar-refractivity contribution in [2.24, 2.45) is 5.16 Å². The minimum absolute atomic E-state index is 0.192. The number of hydrogen-bond acceptors (Lipinski definition) is 5. The summed E-state index contributed by atoms with van der Waals surface area (Å²) >= 11 is 0. The fraction of sp³-hybridized carbons (Fsp3) is 0.800. The molecule has 0 aromatic rings. The molecule has 0 saturated carbocycles. The number of oxime groups is 1. The lowest BCUT2D eigenvalue weighted by atomic mass is 10.2. The van der Waals surface area contributed by atoms with Crippen LogP contribution in [0.1, 0.15) is 20.8 Å². The van der Waals surface area contributed by atoms with Crippen LogP contribution in [0.3, 0.4) is 0 Å². The van der Waals surface area contributed by atoms with E-state index in [0.29, 0.717) is 5.71 Å². The molecule has 6 nitrogen and oxygen atoms in total. The summed E-state index contributed by atoms with van der Waals surface area (Å²) in [5.41, 5.74) is -0.100. The quantitative estimate of drug-likeness (QED) is 0.670. The maximum atomic E-state index is 11.7. The molecular formula is C10H18N2O4. The lowest BCUT2D eigenvalue weighted by Gasteiger charge is -2.23. The number of aliphatic hydroxyl groups is 1. The first-order chi connectivity index (χ1) is 7.33. The van der Waals surface area contributed by atoms with E-state index in [1.807, 2.05) is 0 Å². The Kier molecular flexibility index (Phi) is 3.74. The van der Waals surface area contributed by atoms with Gasteiger partial charge in [0.25, 0.3) is 0 Å². The molecule has 1 atom stereocenters. The molecule has 1 N–H and O–H groups in total. The van der Waals surface area contributed by atoms with Gasteiger partial charge in [-0.05, 0) is 20.8 Å². The first kappa shape index (κ1) is 12.8. The summed E-state index contributed by atoms with van der Waals surface area (Å²) in [5.74, 6) is 0. The van der Waals surface area contributed by atoms with Gasteiger partial charge in [0.1, 0.15) is 24.5 Å². The Morgan fingerprint density at radius 3 is 2.69 bits per heavy atom. The van der Waals surface area contributed by atoms with Crippen molar-refractivity contribution in [3.8, 4) is 0 Å². The number of carbonyl (C=O) groups is 1. The fourth-order valence-corrected chi connectivity index (χ4v) is 1.35. The molecule has 0 aliphatic carbocycles. The molecule has 1 heterocycles. The summed E-state index contributed by atoms with van der Waals surface area (Å²) < 4.78 is 5.18. The third kappa shape index (κ3) is 3.37. The van der Waals surface area contributed by atoms with Crippen molar-refractivity contribution in [2.75, 3.05) is 20.2 Å². The van der Waals surface area contributed by atoms with Gasteiger partial charge in [-0.3, -0.25) is 4.90 Å². The van der Waals surface area contributed by atoms with Crippen LogP contribution in [-0.4, -0.2) is 53.7 Å². The van der Waals surface area contributed by atoms with Crippen LogP contribution in [0.25, 0.3) is 0 Å². The van der Waals surface area contributed by atoms with Crippen LogP contribution in [0.4, 0.5) is 4.79 Å². The number of carbonyl (C=O) groups excluding carboxylic acids is 1. The normalized spacial score (nSPS) is 23.7. The van der Waals surface area contributed by atoms with E-state index in [0.717, 1.165) is 0 Å². The van der Waals surface area contributed by atoms with Crippen LogP contribution in [0.15, 0.2) is 5.16 Å². The maximum absolute atomic E-state index is 11.7. The molecule has 92 valence electrons. The van der Waals surface area contributed by atoms with E-state index in [2.05, 4.69) is 9.99 Å². The number of rotatable bonds is 1. The van der Waals surface area contributed by atoms with Gasteiger partial charge in [-0.1, -0.05) is 5.16 Å². The van der Waals surface area contributed by atoms with Crippen molar-refractivity contribution in [3.63, 3.8) is 0 Å². The van der Waals surface area contributed by atoms with Gasteiger partial charge in [0.15, 0.2) is 0 Å². The second-order valence-electron chi connectivity index (χ2n) is 4.64. The third-order valence-electron chi connectivity index (χ3n) is 1.99. The number of nitrogens with zero attached hydrogens (tertiary/aromatic N) is 2. The summed E-state index contributed by atoms with van der Waals surface area (Å²) in [6, 6.07) is 0. The Balaban J connectivity index is 2.59. The first-order valence-electron chi connectivity index (χ1n) is 5.09. The van der Waals surface area contributed by atoms with Crippen molar-refractivity contribution in [1.82, 2.24) is 4.90 Å². The number of likely N-dealkylation sites (tertiary alicyclic amines) is 1. The van der Waals surface area contributed by atoms with Crippen molar-refractivity contribution < 1.29 is 19.5 Å². The van der Waals surface area contributed by atoms with Crippen LogP contribution < -0.4 is 0 Å². The summed E-state index contributed by atoms with van der Waals surface area (Å²) in [6.07, 6.45) is -1.22. The average Bonchev–Trinajstić information content (AvgIpc) is 2.46. The molecular weight excluding hydrogens is 212 g/mol. The zero-order chi connectivity index (χ0) is 12.3. The van der Waals surface area contributed by atoms with Crippen molar-refractivity contribution in [3.05, 3.63) is 0 Å². The van der Waals surface area contributed by atoms with Crippen LogP contribution in [0.5, 0.6) is 0 Å². The third-order valence-corrected chi connectivity index (χ3v) is 1.99. The zero-order valence-corrected chi connectivity index (χ0v) is 10.1. The molecule has 6 heteroatoms. The first-order valence-corrected chi connectivity index (χ1v) is 5.09. The molecule has 0 unspecified atom stereocenters. The Bertz CT molecular complexity index is 296. The van der Waals surface area contributed by atoms with Gasteiger partial charge < -0.3 is 14.7 Å². The van der Waals surface area contributed by atoms with Crippen molar-refractivity contribution in [2.45, 2.75) is 32.5 Å². The molecule has 0 spiro atoms. The van der Waals surface area contributed by atoms with E-state index in [1.54, 1.807) is 20.8 Å². The number of β-amino-alcohol motifs (C(OH)–C–C–N with tert-alkyl or cyclic N) is 1. The molecule has 1 amide bonds. The molecule has 0 bridgehead atoms. The second-order valence-corrected chi connectivity index (χ2v) is 4.64. The second kappa shape index (κ2) is 4.69. The van der Waals surface area contributed by atoms with Gasteiger partial charge >= 0.3 is 6.09 Å². The predicted molar refractivity (Wildman–Crippen MR) is 58.3 cm³/mol. The Morgan fingerprint density at radius 2 is 2.19 bits per heavy atom. The molecule has 0 aromatic heterocycles. The summed E-state index contributed by atoms with van der Waals surface area (Å²) in [6.45, 7) is 5.81. The van der Waals surface area contributed by atoms with Gasteiger partial charge in [0.05, 0.1) is 13.1 Å². The predicted octanol–water partition coefficient (Wildman–Crippen LogP) is 0.600. The van der Waals surface area contributed by atoms with E-state index in [9.17, 15) is 9.90 Å². The van der Waals surface area contributed by atoms with E-state index < -0.39 is 17.8 Å². The minimum Gasteiger partial charge on any atom is -0.444 e. The average molecular weight is 230 g/mol. The summed E-state index contributed by atoms with van der Waals surface area (Å²) in [7, 11) is 1.40. The van der Waals surface area contributed by atoms with E-state index >= 15 is 0 Å². The molecule has 0 radical (unpaired) electrons. The Hall–Kier alpha value is -1.30. The standard InChI is InChI=1S/C10H18N2O4/c1-10(2,3)16-9(14)12-5-7(11-15-4)8(13)6-12/h8,13H,5-6H2,1-4H3/b11-7-/t8-/m0/s1. The molecule has 1 saturated heterocycles. The number of hydrogen-bond donors (Lipinski definition) is 1. The van der Waals surface area contributed by atoms with Gasteiger partial charge in [0.2, 0.25) is 0 Å². The lowest BCUT2D eigenvalue weighted by Crippen LogP contribution is -2.35. The van der Waals surface area contributed by atoms with Crippen LogP contribution >= 0.6 is 0 Å². The largest absolute Gasteiger partial charge is 0.444 e. The topological polar surface area (TPSA) is 71.4 Å². The molecule has 1 aliphatic heterocycles. The van der Waals surface area contributed by atoms with Crippen molar-refractivity contribution >= 4 is 11.8 Å². The zero-order valence-electron chi connectivity index (χ0n) is 10.1. The molecule has 0 aromatic carbocycles. The highest BCUT2D eigenvalue weighted by atomic mass is 16.6. The van der Waals surface area contributed by atoms with Gasteiger partial charge in [-0.25, -0.2) is 4.79 Å². The van der Waals surface area contributed by atoms with Crippen molar-refractivity contribution in [1.29, 1.82) is 0 Å². The van der Waals surface area contributed by atoms with Crippen LogP contribution in [0, 0.1) is 0 Å². The molecule has 1 fully saturated rings. The SMILES string of the molecule is CO/N=C1/CN(C(=O)OC(C)(C)C)C[C@@H]1O. The molecule has 1 rings (SSSR count). The smallest absolute Gasteiger partial charge is 0.410 e. The maximum Gasteiger partial charge on any atom is 0.410 e. The Labute approximate surface area is 94.8 Å². The highest BCUT2D eigenvalue weighted by Crippen LogP contribution is 2.14. The van der Waals surface area contributed by atoms with Gasteiger partial charge in [-0.2, -0.15) is 0 Å². The van der Waals surface area contributed by atoms with Crippen LogP contribution in [0.2, 0.25) is 0 Å².